The molecule has 1 aliphatic heterocycles. The van der Waals surface area contributed by atoms with Gasteiger partial charge in [0.05, 0.1) is 6.61 Å². The molecule has 1 aliphatic carbocycles. The van der Waals surface area contributed by atoms with Gasteiger partial charge in [-0.1, -0.05) is 43.2 Å². The lowest BCUT2D eigenvalue weighted by molar-refractivity contribution is -0.123. The number of H-pyrrole nitrogens is 1. The van der Waals surface area contributed by atoms with Gasteiger partial charge in [-0.25, -0.2) is 0 Å². The minimum Gasteiger partial charge on any atom is -0.493 e. The van der Waals surface area contributed by atoms with Crippen LogP contribution in [0.2, 0.25) is 0 Å². The number of aromatic nitrogens is 1. The molecule has 37 heavy (non-hydrogen) atoms. The molecule has 0 spiro atoms. The summed E-state index contributed by atoms with van der Waals surface area (Å²) >= 11 is 0. The van der Waals surface area contributed by atoms with E-state index in [1.807, 2.05) is 55.5 Å². The number of benzene rings is 2. The average molecular weight is 503 g/mol. The Balaban J connectivity index is 1.16. The van der Waals surface area contributed by atoms with Gasteiger partial charge in [0.1, 0.15) is 17.5 Å². The summed E-state index contributed by atoms with van der Waals surface area (Å²) in [4.78, 5) is 29.5. The summed E-state index contributed by atoms with van der Waals surface area (Å²) in [6.07, 6.45) is 6.34. The average Bonchev–Trinajstić information content (AvgIpc) is 3.71. The second-order valence-electron chi connectivity index (χ2n) is 10.6. The topological polar surface area (TPSA) is 95.2 Å². The van der Waals surface area contributed by atoms with Gasteiger partial charge in [-0.05, 0) is 86.9 Å². The van der Waals surface area contributed by atoms with Crippen molar-refractivity contribution >= 4 is 22.7 Å². The number of aromatic amines is 1. The zero-order valence-corrected chi connectivity index (χ0v) is 21.6. The van der Waals surface area contributed by atoms with Crippen LogP contribution in [0.1, 0.15) is 60.1 Å². The highest BCUT2D eigenvalue weighted by atomic mass is 16.5. The van der Waals surface area contributed by atoms with Crippen LogP contribution in [0.4, 0.5) is 0 Å². The Labute approximate surface area is 218 Å². The molecule has 196 valence electrons. The van der Waals surface area contributed by atoms with Crippen molar-refractivity contribution in [3.8, 4) is 5.75 Å². The SMILES string of the molecule is Cc1c(C(=O)NC(CCC2CC2)C(=O)NCc2ccc(OCC3CCNCC3)cc2)[nH]c2ccccc12. The summed E-state index contributed by atoms with van der Waals surface area (Å²) in [6.45, 7) is 5.23. The Morgan fingerprint density at radius 2 is 1.76 bits per heavy atom. The van der Waals surface area contributed by atoms with Gasteiger partial charge in [-0.15, -0.1) is 0 Å². The van der Waals surface area contributed by atoms with Gasteiger partial charge in [-0.2, -0.15) is 0 Å². The van der Waals surface area contributed by atoms with Gasteiger partial charge in [-0.3, -0.25) is 9.59 Å². The fourth-order valence-corrected chi connectivity index (χ4v) is 5.10. The number of piperidine rings is 1. The molecular weight excluding hydrogens is 464 g/mol. The van der Waals surface area contributed by atoms with E-state index in [4.69, 9.17) is 4.74 Å². The number of para-hydroxylation sites is 1. The molecule has 3 aromatic rings. The van der Waals surface area contributed by atoms with Crippen molar-refractivity contribution in [1.82, 2.24) is 20.9 Å². The Morgan fingerprint density at radius 1 is 1.00 bits per heavy atom. The molecule has 7 heteroatoms. The Hall–Kier alpha value is -3.32. The predicted octanol–water partition coefficient (Wildman–Crippen LogP) is 4.46. The van der Waals surface area contributed by atoms with Crippen LogP contribution in [0.25, 0.3) is 10.9 Å². The number of hydrogen-bond acceptors (Lipinski definition) is 4. The van der Waals surface area contributed by atoms with Gasteiger partial charge in [0.15, 0.2) is 0 Å². The molecule has 0 bridgehead atoms. The lowest BCUT2D eigenvalue weighted by Gasteiger charge is -2.22. The van der Waals surface area contributed by atoms with Gasteiger partial charge < -0.3 is 25.7 Å². The molecule has 2 fully saturated rings. The van der Waals surface area contributed by atoms with Crippen molar-refractivity contribution in [3.05, 3.63) is 65.4 Å². The zero-order chi connectivity index (χ0) is 25.6. The summed E-state index contributed by atoms with van der Waals surface area (Å²) in [5.74, 6) is 1.77. The first-order valence-corrected chi connectivity index (χ1v) is 13.6. The Morgan fingerprint density at radius 3 is 2.49 bits per heavy atom. The summed E-state index contributed by atoms with van der Waals surface area (Å²) in [6, 6.07) is 15.2. The lowest BCUT2D eigenvalue weighted by Crippen LogP contribution is -2.46. The molecule has 2 aliphatic rings. The number of amides is 2. The van der Waals surface area contributed by atoms with Crippen molar-refractivity contribution in [2.45, 2.75) is 58.0 Å². The fourth-order valence-electron chi connectivity index (χ4n) is 5.10. The van der Waals surface area contributed by atoms with Crippen molar-refractivity contribution in [2.24, 2.45) is 11.8 Å². The largest absolute Gasteiger partial charge is 0.493 e. The lowest BCUT2D eigenvalue weighted by atomic mass is 9.99. The minimum absolute atomic E-state index is 0.144. The fraction of sp³-hybridized carbons (Fsp3) is 0.467. The summed E-state index contributed by atoms with van der Waals surface area (Å²) in [7, 11) is 0. The zero-order valence-electron chi connectivity index (χ0n) is 21.6. The first-order valence-electron chi connectivity index (χ1n) is 13.6. The van der Waals surface area contributed by atoms with Crippen LogP contribution < -0.4 is 20.7 Å². The smallest absolute Gasteiger partial charge is 0.268 e. The first kappa shape index (κ1) is 25.3. The second-order valence-corrected chi connectivity index (χ2v) is 10.6. The second kappa shape index (κ2) is 11.8. The molecule has 4 N–H and O–H groups in total. The van der Waals surface area contributed by atoms with Crippen LogP contribution in [0.15, 0.2) is 48.5 Å². The van der Waals surface area contributed by atoms with E-state index in [-0.39, 0.29) is 11.8 Å². The highest BCUT2D eigenvalue weighted by Crippen LogP contribution is 2.34. The Bertz CT molecular complexity index is 1210. The van der Waals surface area contributed by atoms with Gasteiger partial charge in [0.25, 0.3) is 5.91 Å². The normalized spacial score (nSPS) is 16.9. The molecular formula is C30H38N4O3. The number of fused-ring (bicyclic) bond motifs is 1. The molecule has 2 amide bonds. The molecule has 1 saturated carbocycles. The minimum atomic E-state index is -0.563. The molecule has 2 heterocycles. The van der Waals surface area contributed by atoms with E-state index in [1.165, 1.54) is 12.8 Å². The van der Waals surface area contributed by atoms with E-state index < -0.39 is 6.04 Å². The van der Waals surface area contributed by atoms with Gasteiger partial charge in [0.2, 0.25) is 5.91 Å². The standard InChI is InChI=1S/C30H38N4O3/c1-20-25-4-2-3-5-26(25)33-28(20)30(36)34-27(13-10-21-6-7-21)29(35)32-18-22-8-11-24(12-9-22)37-19-23-14-16-31-17-15-23/h2-5,8-9,11-12,21,23,27,31,33H,6-7,10,13-19H2,1H3,(H,32,35)(H,34,36). The van der Waals surface area contributed by atoms with E-state index >= 15 is 0 Å². The highest BCUT2D eigenvalue weighted by Gasteiger charge is 2.27. The van der Waals surface area contributed by atoms with E-state index in [0.717, 1.165) is 66.7 Å². The van der Waals surface area contributed by atoms with E-state index in [2.05, 4.69) is 20.9 Å². The number of hydrogen-bond donors (Lipinski definition) is 4. The molecule has 5 rings (SSSR count). The van der Waals surface area contributed by atoms with Crippen LogP contribution in [0, 0.1) is 18.8 Å². The highest BCUT2D eigenvalue weighted by molar-refractivity contribution is 6.02. The number of ether oxygens (including phenoxy) is 1. The van der Waals surface area contributed by atoms with Crippen LogP contribution >= 0.6 is 0 Å². The third-order valence-electron chi connectivity index (χ3n) is 7.71. The first-order chi connectivity index (χ1) is 18.1. The molecule has 7 nitrogen and oxygen atoms in total. The van der Waals surface area contributed by atoms with Crippen molar-refractivity contribution in [3.63, 3.8) is 0 Å². The molecule has 1 saturated heterocycles. The molecule has 2 aromatic carbocycles. The number of rotatable bonds is 11. The third kappa shape index (κ3) is 6.72. The maximum atomic E-state index is 13.2. The van der Waals surface area contributed by atoms with Crippen LogP contribution in [0.3, 0.4) is 0 Å². The molecule has 1 unspecified atom stereocenters. The number of carbonyl (C=O) groups is 2. The van der Waals surface area contributed by atoms with E-state index in [1.54, 1.807) is 0 Å². The van der Waals surface area contributed by atoms with Crippen molar-refractivity contribution in [2.75, 3.05) is 19.7 Å². The van der Waals surface area contributed by atoms with Crippen LogP contribution in [0.5, 0.6) is 5.75 Å². The van der Waals surface area contributed by atoms with Gasteiger partial charge in [0, 0.05) is 17.4 Å². The maximum absolute atomic E-state index is 13.2. The van der Waals surface area contributed by atoms with Crippen molar-refractivity contribution in [1.29, 1.82) is 0 Å². The molecule has 1 atom stereocenters. The Kier molecular flexibility index (Phi) is 8.09. The van der Waals surface area contributed by atoms with E-state index in [0.29, 0.717) is 30.5 Å². The summed E-state index contributed by atoms with van der Waals surface area (Å²) < 4.78 is 5.98. The summed E-state index contributed by atoms with van der Waals surface area (Å²) in [5.41, 5.74) is 3.34. The molecule has 0 radical (unpaired) electrons. The number of aryl methyl sites for hydroxylation is 1. The quantitative estimate of drug-likeness (QED) is 0.311. The summed E-state index contributed by atoms with van der Waals surface area (Å²) in [5, 5.41) is 10.4. The van der Waals surface area contributed by atoms with Crippen molar-refractivity contribution < 1.29 is 14.3 Å². The monoisotopic (exact) mass is 502 g/mol. The third-order valence-corrected chi connectivity index (χ3v) is 7.71. The maximum Gasteiger partial charge on any atom is 0.268 e. The molecule has 1 aromatic heterocycles. The van der Waals surface area contributed by atoms with E-state index in [9.17, 15) is 9.59 Å². The van der Waals surface area contributed by atoms with Crippen LogP contribution in [-0.2, 0) is 11.3 Å². The number of carbonyl (C=O) groups excluding carboxylic acids is 2. The van der Waals surface area contributed by atoms with Crippen LogP contribution in [-0.4, -0.2) is 42.5 Å². The number of nitrogens with one attached hydrogen (secondary N) is 4. The predicted molar refractivity (Wildman–Crippen MR) is 146 cm³/mol. The van der Waals surface area contributed by atoms with Gasteiger partial charge >= 0.3 is 0 Å².